The van der Waals surface area contributed by atoms with Crippen molar-refractivity contribution in [1.29, 1.82) is 0 Å². The van der Waals surface area contributed by atoms with Gasteiger partial charge in [0.05, 0.1) is 10.6 Å². The van der Waals surface area contributed by atoms with Crippen LogP contribution < -0.4 is 5.32 Å². The summed E-state index contributed by atoms with van der Waals surface area (Å²) < 4.78 is 27.6. The number of nitrogens with zero attached hydrogens (tertiary/aromatic N) is 2. The van der Waals surface area contributed by atoms with Gasteiger partial charge in [0.15, 0.2) is 0 Å². The summed E-state index contributed by atoms with van der Waals surface area (Å²) in [5, 5.41) is 3.30. The second-order valence-corrected chi connectivity index (χ2v) is 8.68. The average Bonchev–Trinajstić information content (AvgIpc) is 2.74. The number of hydrogen-bond acceptors (Lipinski definition) is 4. The van der Waals surface area contributed by atoms with Crippen molar-refractivity contribution in [3.05, 3.63) is 95.8 Å². The fourth-order valence-electron chi connectivity index (χ4n) is 2.97. The van der Waals surface area contributed by atoms with Crippen LogP contribution in [0.15, 0.2) is 83.9 Å². The lowest BCUT2D eigenvalue weighted by molar-refractivity contribution is 0.398. The van der Waals surface area contributed by atoms with Gasteiger partial charge >= 0.3 is 0 Å². The van der Waals surface area contributed by atoms with E-state index in [1.807, 2.05) is 61.5 Å². The Hall–Kier alpha value is -2.54. The number of hydrogen-bond donors (Lipinski definition) is 1. The first-order valence-corrected chi connectivity index (χ1v) is 10.6. The topological polar surface area (TPSA) is 62.3 Å². The van der Waals surface area contributed by atoms with Gasteiger partial charge in [-0.25, -0.2) is 8.42 Å². The van der Waals surface area contributed by atoms with Gasteiger partial charge in [0.2, 0.25) is 10.0 Å². The maximum Gasteiger partial charge on any atom is 0.243 e. The summed E-state index contributed by atoms with van der Waals surface area (Å²) in [7, 11) is -1.97. The first kappa shape index (κ1) is 20.2. The highest BCUT2D eigenvalue weighted by Gasteiger charge is 2.26. The number of rotatable bonds is 8. The van der Waals surface area contributed by atoms with E-state index in [2.05, 4.69) is 10.3 Å². The molecule has 0 fully saturated rings. The monoisotopic (exact) mass is 395 g/mol. The maximum absolute atomic E-state index is 13.1. The van der Waals surface area contributed by atoms with Crippen LogP contribution >= 0.6 is 0 Å². The highest BCUT2D eigenvalue weighted by Crippen LogP contribution is 2.26. The third-order valence-electron chi connectivity index (χ3n) is 4.76. The van der Waals surface area contributed by atoms with E-state index in [1.165, 1.54) is 4.31 Å². The summed E-state index contributed by atoms with van der Waals surface area (Å²) in [5.41, 5.74) is 2.82. The van der Waals surface area contributed by atoms with Gasteiger partial charge in [-0.05, 0) is 42.3 Å². The predicted octanol–water partition coefficient (Wildman–Crippen LogP) is 3.75. The van der Waals surface area contributed by atoms with E-state index in [-0.39, 0.29) is 6.04 Å². The van der Waals surface area contributed by atoms with Gasteiger partial charge in [-0.15, -0.1) is 0 Å². The molecule has 0 saturated heterocycles. The zero-order chi connectivity index (χ0) is 20.0. The van der Waals surface area contributed by atoms with Crippen molar-refractivity contribution in [1.82, 2.24) is 14.6 Å². The first-order valence-electron chi connectivity index (χ1n) is 9.21. The largest absolute Gasteiger partial charge is 0.307 e. The molecular formula is C22H25N3O2S. The zero-order valence-electron chi connectivity index (χ0n) is 16.1. The third kappa shape index (κ3) is 4.84. The lowest BCUT2D eigenvalue weighted by atomic mass is 10.1. The summed E-state index contributed by atoms with van der Waals surface area (Å²) >= 11 is 0. The molecule has 0 radical (unpaired) electrons. The molecule has 1 aromatic heterocycles. The molecule has 3 rings (SSSR count). The molecule has 1 atom stereocenters. The van der Waals surface area contributed by atoms with Crippen molar-refractivity contribution < 1.29 is 8.42 Å². The van der Waals surface area contributed by atoms with E-state index >= 15 is 0 Å². The van der Waals surface area contributed by atoms with Crippen molar-refractivity contribution in [2.45, 2.75) is 31.0 Å². The zero-order valence-corrected chi connectivity index (χ0v) is 16.9. The number of benzene rings is 2. The predicted molar refractivity (Wildman–Crippen MR) is 111 cm³/mol. The van der Waals surface area contributed by atoms with E-state index in [0.29, 0.717) is 18.0 Å². The molecule has 3 aromatic rings. The normalized spacial score (nSPS) is 12.8. The molecule has 1 N–H and O–H groups in total. The lowest BCUT2D eigenvalue weighted by Crippen LogP contribution is -2.30. The van der Waals surface area contributed by atoms with Gasteiger partial charge in [-0.2, -0.15) is 4.31 Å². The molecule has 0 aliphatic rings. The molecule has 0 saturated carbocycles. The van der Waals surface area contributed by atoms with Gasteiger partial charge in [-0.1, -0.05) is 48.5 Å². The van der Waals surface area contributed by atoms with Crippen LogP contribution in [0.2, 0.25) is 0 Å². The van der Waals surface area contributed by atoms with Gasteiger partial charge in [0, 0.05) is 32.4 Å². The lowest BCUT2D eigenvalue weighted by Gasteiger charge is -2.25. The Morgan fingerprint density at radius 2 is 1.71 bits per heavy atom. The molecule has 146 valence electrons. The van der Waals surface area contributed by atoms with E-state index in [1.54, 1.807) is 31.4 Å². The van der Waals surface area contributed by atoms with Crippen LogP contribution in [0.25, 0.3) is 0 Å². The first-order chi connectivity index (χ1) is 13.5. The molecule has 0 bridgehead atoms. The minimum atomic E-state index is -3.59. The standard InChI is InChI=1S/C22H25N3O2S/c1-18(20-10-4-3-5-11-20)25(2)28(26,27)22-13-8-9-19(15-22)16-23-17-21-12-6-7-14-24-21/h3-15,18,23H,16-17H2,1-2H3. The van der Waals surface area contributed by atoms with Crippen LogP contribution in [0.5, 0.6) is 0 Å². The molecule has 5 nitrogen and oxygen atoms in total. The van der Waals surface area contributed by atoms with Crippen LogP contribution in [0.3, 0.4) is 0 Å². The fraction of sp³-hybridized carbons (Fsp3) is 0.227. The van der Waals surface area contributed by atoms with Gasteiger partial charge in [0.1, 0.15) is 0 Å². The third-order valence-corrected chi connectivity index (χ3v) is 6.69. The van der Waals surface area contributed by atoms with Crippen molar-refractivity contribution in [2.75, 3.05) is 7.05 Å². The highest BCUT2D eigenvalue weighted by molar-refractivity contribution is 7.89. The Bertz CT molecular complexity index is 993. The van der Waals surface area contributed by atoms with E-state index in [4.69, 9.17) is 0 Å². The van der Waals surface area contributed by atoms with Crippen molar-refractivity contribution in [3.8, 4) is 0 Å². The molecule has 2 aromatic carbocycles. The quantitative estimate of drug-likeness (QED) is 0.631. The number of aromatic nitrogens is 1. The SMILES string of the molecule is CC(c1ccccc1)N(C)S(=O)(=O)c1cccc(CNCc2ccccn2)c1. The Balaban J connectivity index is 1.71. The summed E-state index contributed by atoms with van der Waals surface area (Å²) in [5.74, 6) is 0. The molecule has 0 aliphatic heterocycles. The van der Waals surface area contributed by atoms with Crippen molar-refractivity contribution >= 4 is 10.0 Å². The second kappa shape index (κ2) is 9.10. The fourth-order valence-corrected chi connectivity index (χ4v) is 4.39. The van der Waals surface area contributed by atoms with E-state index in [0.717, 1.165) is 16.8 Å². The summed E-state index contributed by atoms with van der Waals surface area (Å²) in [4.78, 5) is 4.57. The van der Waals surface area contributed by atoms with E-state index in [9.17, 15) is 8.42 Å². The molecule has 28 heavy (non-hydrogen) atoms. The molecular weight excluding hydrogens is 370 g/mol. The van der Waals surface area contributed by atoms with E-state index < -0.39 is 10.0 Å². The molecule has 6 heteroatoms. The van der Waals surface area contributed by atoms with Crippen LogP contribution in [0.4, 0.5) is 0 Å². The molecule has 1 unspecified atom stereocenters. The average molecular weight is 396 g/mol. The molecule has 1 heterocycles. The summed E-state index contributed by atoms with van der Waals surface area (Å²) in [6.45, 7) is 3.09. The van der Waals surface area contributed by atoms with Gasteiger partial charge in [0.25, 0.3) is 0 Å². The van der Waals surface area contributed by atoms with Crippen molar-refractivity contribution in [2.24, 2.45) is 0 Å². The van der Waals surface area contributed by atoms with Crippen LogP contribution in [-0.4, -0.2) is 24.8 Å². The van der Waals surface area contributed by atoms with Gasteiger partial charge < -0.3 is 5.32 Å². The molecule has 0 aliphatic carbocycles. The Morgan fingerprint density at radius 1 is 0.964 bits per heavy atom. The minimum absolute atomic E-state index is 0.253. The Labute approximate surface area is 167 Å². The molecule has 0 spiro atoms. The minimum Gasteiger partial charge on any atom is -0.307 e. The van der Waals surface area contributed by atoms with Crippen LogP contribution in [-0.2, 0) is 23.1 Å². The Morgan fingerprint density at radius 3 is 2.43 bits per heavy atom. The summed E-state index contributed by atoms with van der Waals surface area (Å²) in [6.07, 6.45) is 1.76. The number of pyridine rings is 1. The maximum atomic E-state index is 13.1. The molecule has 0 amide bonds. The number of nitrogens with one attached hydrogen (secondary N) is 1. The van der Waals surface area contributed by atoms with Crippen LogP contribution in [0.1, 0.15) is 29.8 Å². The number of sulfonamides is 1. The summed E-state index contributed by atoms with van der Waals surface area (Å²) in [6, 6.07) is 22.2. The van der Waals surface area contributed by atoms with Gasteiger partial charge in [-0.3, -0.25) is 4.98 Å². The van der Waals surface area contributed by atoms with Crippen molar-refractivity contribution in [3.63, 3.8) is 0 Å². The van der Waals surface area contributed by atoms with Crippen LogP contribution in [0, 0.1) is 0 Å². The second-order valence-electron chi connectivity index (χ2n) is 6.68. The smallest absolute Gasteiger partial charge is 0.243 e. The Kier molecular flexibility index (Phi) is 6.57. The highest BCUT2D eigenvalue weighted by atomic mass is 32.2.